The highest BCUT2D eigenvalue weighted by atomic mass is 79.9. The fourth-order valence-corrected chi connectivity index (χ4v) is 2.73. The molecule has 0 saturated heterocycles. The Bertz CT molecular complexity index is 373. The number of hydrogen-bond donors (Lipinski definition) is 0. The smallest absolute Gasteiger partial charge is 0.137 e. The summed E-state index contributed by atoms with van der Waals surface area (Å²) in [7, 11) is 0. The predicted octanol–water partition coefficient (Wildman–Crippen LogP) is 3.16. The summed E-state index contributed by atoms with van der Waals surface area (Å²) < 4.78 is 1.03. The topological polar surface area (TPSA) is 17.1 Å². The summed E-state index contributed by atoms with van der Waals surface area (Å²) in [6.07, 6.45) is 2.04. The first kappa shape index (κ1) is 9.22. The molecule has 68 valence electrons. The molecule has 3 heteroatoms. The van der Waals surface area contributed by atoms with Crippen LogP contribution in [0.4, 0.5) is 0 Å². The van der Waals surface area contributed by atoms with Crippen molar-refractivity contribution in [2.75, 3.05) is 0 Å². The normalized spacial score (nSPS) is 15.7. The molecule has 1 aliphatic rings. The molecule has 0 heterocycles. The van der Waals surface area contributed by atoms with E-state index in [2.05, 4.69) is 15.9 Å². The van der Waals surface area contributed by atoms with Crippen LogP contribution in [-0.4, -0.2) is 5.78 Å². The van der Waals surface area contributed by atoms with E-state index >= 15 is 0 Å². The highest BCUT2D eigenvalue weighted by Gasteiger charge is 2.17. The zero-order chi connectivity index (χ0) is 9.42. The minimum Gasteiger partial charge on any atom is -0.299 e. The van der Waals surface area contributed by atoms with Gasteiger partial charge in [0.05, 0.1) is 0 Å². The summed E-state index contributed by atoms with van der Waals surface area (Å²) >= 11 is 9.35. The first-order valence-electron chi connectivity index (χ1n) is 4.15. The van der Waals surface area contributed by atoms with Crippen molar-refractivity contribution in [1.29, 1.82) is 0 Å². The molecule has 0 spiro atoms. The lowest BCUT2D eigenvalue weighted by molar-refractivity contribution is -0.118. The van der Waals surface area contributed by atoms with E-state index in [0.717, 1.165) is 16.5 Å². The summed E-state index contributed by atoms with van der Waals surface area (Å²) in [6.45, 7) is 0. The highest BCUT2D eigenvalue weighted by molar-refractivity contribution is 9.10. The van der Waals surface area contributed by atoms with Crippen LogP contribution in [0.3, 0.4) is 0 Å². The molecular formula is C10H8BrClO. The van der Waals surface area contributed by atoms with Crippen molar-refractivity contribution < 1.29 is 4.79 Å². The molecule has 1 nitrogen and oxygen atoms in total. The van der Waals surface area contributed by atoms with Crippen molar-refractivity contribution in [1.82, 2.24) is 0 Å². The van der Waals surface area contributed by atoms with E-state index in [9.17, 15) is 4.79 Å². The number of hydrogen-bond acceptors (Lipinski definition) is 1. The first-order chi connectivity index (χ1) is 6.16. The van der Waals surface area contributed by atoms with Crippen LogP contribution in [0.2, 0.25) is 5.02 Å². The van der Waals surface area contributed by atoms with Crippen molar-refractivity contribution in [2.45, 2.75) is 19.3 Å². The maximum Gasteiger partial charge on any atom is 0.137 e. The molecule has 0 atom stereocenters. The largest absolute Gasteiger partial charge is 0.299 e. The molecule has 0 unspecified atom stereocenters. The van der Waals surface area contributed by atoms with Crippen LogP contribution < -0.4 is 0 Å². The molecule has 0 N–H and O–H groups in total. The Morgan fingerprint density at radius 2 is 2.08 bits per heavy atom. The maximum atomic E-state index is 11.2. The number of ketones is 1. The van der Waals surface area contributed by atoms with E-state index < -0.39 is 0 Å². The number of benzene rings is 1. The predicted molar refractivity (Wildman–Crippen MR) is 56.2 cm³/mol. The van der Waals surface area contributed by atoms with Crippen molar-refractivity contribution in [2.24, 2.45) is 0 Å². The second kappa shape index (κ2) is 3.43. The summed E-state index contributed by atoms with van der Waals surface area (Å²) in [5.41, 5.74) is 2.32. The zero-order valence-corrected chi connectivity index (χ0v) is 9.28. The Hall–Kier alpha value is -0.340. The van der Waals surface area contributed by atoms with Crippen LogP contribution >= 0.6 is 27.5 Å². The van der Waals surface area contributed by atoms with Crippen LogP contribution in [0.25, 0.3) is 0 Å². The summed E-state index contributed by atoms with van der Waals surface area (Å²) in [5, 5.41) is 0.695. The lowest BCUT2D eigenvalue weighted by Gasteiger charge is -2.16. The minimum atomic E-state index is 0.307. The molecule has 0 bridgehead atoms. The van der Waals surface area contributed by atoms with Gasteiger partial charge in [0.1, 0.15) is 5.78 Å². The molecule has 1 aliphatic carbocycles. The number of carbonyl (C=O) groups is 1. The minimum absolute atomic E-state index is 0.307. The monoisotopic (exact) mass is 258 g/mol. The lowest BCUT2D eigenvalue weighted by Crippen LogP contribution is -2.13. The second-order valence-corrected chi connectivity index (χ2v) is 4.53. The van der Waals surface area contributed by atoms with Gasteiger partial charge in [-0.05, 0) is 29.7 Å². The van der Waals surface area contributed by atoms with Gasteiger partial charge < -0.3 is 0 Å². The van der Waals surface area contributed by atoms with Gasteiger partial charge in [0.15, 0.2) is 0 Å². The van der Waals surface area contributed by atoms with Crippen LogP contribution in [0.15, 0.2) is 16.6 Å². The Balaban J connectivity index is 2.53. The van der Waals surface area contributed by atoms with Crippen molar-refractivity contribution in [3.8, 4) is 0 Å². The third-order valence-corrected chi connectivity index (χ3v) is 3.22. The number of carbonyl (C=O) groups excluding carboxylic acids is 1. The number of rotatable bonds is 0. The molecule has 2 rings (SSSR count). The molecule has 13 heavy (non-hydrogen) atoms. The molecule has 1 aromatic carbocycles. The molecule has 0 saturated carbocycles. The molecule has 0 fully saturated rings. The van der Waals surface area contributed by atoms with Crippen molar-refractivity contribution >= 4 is 33.3 Å². The van der Waals surface area contributed by atoms with Crippen LogP contribution in [0, 0.1) is 0 Å². The van der Waals surface area contributed by atoms with Crippen molar-refractivity contribution in [3.05, 3.63) is 32.8 Å². The van der Waals surface area contributed by atoms with E-state index in [0.29, 0.717) is 23.6 Å². The van der Waals surface area contributed by atoms with Gasteiger partial charge in [0.25, 0.3) is 0 Å². The summed E-state index contributed by atoms with van der Waals surface area (Å²) in [4.78, 5) is 11.2. The molecular weight excluding hydrogens is 251 g/mol. The van der Waals surface area contributed by atoms with E-state index in [1.54, 1.807) is 0 Å². The Morgan fingerprint density at radius 1 is 1.31 bits per heavy atom. The Morgan fingerprint density at radius 3 is 2.85 bits per heavy atom. The molecule has 0 radical (unpaired) electrons. The standard InChI is InChI=1S/C10H8BrClO/c11-10-5-7(12)3-6-4-8(13)1-2-9(6)10/h3,5H,1-2,4H2. The van der Waals surface area contributed by atoms with E-state index in [1.165, 1.54) is 5.56 Å². The SMILES string of the molecule is O=C1CCc2c(Br)cc(Cl)cc2C1. The van der Waals surface area contributed by atoms with E-state index in [-0.39, 0.29) is 0 Å². The third kappa shape index (κ3) is 1.79. The van der Waals surface area contributed by atoms with Gasteiger partial charge in [-0.1, -0.05) is 27.5 Å². The molecule has 0 amide bonds. The van der Waals surface area contributed by atoms with Crippen LogP contribution in [-0.2, 0) is 17.6 Å². The zero-order valence-electron chi connectivity index (χ0n) is 6.94. The van der Waals surface area contributed by atoms with Crippen LogP contribution in [0.5, 0.6) is 0 Å². The summed E-state index contributed by atoms with van der Waals surface area (Å²) in [6, 6.07) is 3.77. The van der Waals surface area contributed by atoms with Gasteiger partial charge in [0, 0.05) is 22.3 Å². The Kier molecular flexibility index (Phi) is 2.43. The first-order valence-corrected chi connectivity index (χ1v) is 5.32. The number of halogens is 2. The van der Waals surface area contributed by atoms with Gasteiger partial charge in [-0.15, -0.1) is 0 Å². The third-order valence-electron chi connectivity index (χ3n) is 2.29. The van der Waals surface area contributed by atoms with E-state index in [4.69, 9.17) is 11.6 Å². The average Bonchev–Trinajstić information content (AvgIpc) is 2.02. The van der Waals surface area contributed by atoms with Gasteiger partial charge in [-0.2, -0.15) is 0 Å². The average molecular weight is 260 g/mol. The van der Waals surface area contributed by atoms with Gasteiger partial charge >= 0.3 is 0 Å². The van der Waals surface area contributed by atoms with Gasteiger partial charge in [-0.3, -0.25) is 4.79 Å². The van der Waals surface area contributed by atoms with Gasteiger partial charge in [0.2, 0.25) is 0 Å². The molecule has 0 aromatic heterocycles. The second-order valence-electron chi connectivity index (χ2n) is 3.24. The van der Waals surface area contributed by atoms with Crippen molar-refractivity contribution in [3.63, 3.8) is 0 Å². The summed E-state index contributed by atoms with van der Waals surface area (Å²) in [5.74, 6) is 0.307. The maximum absolute atomic E-state index is 11.2. The Labute approximate surface area is 90.2 Å². The lowest BCUT2D eigenvalue weighted by atomic mass is 9.91. The fraction of sp³-hybridized carbons (Fsp3) is 0.300. The quantitative estimate of drug-likeness (QED) is 0.699. The molecule has 1 aromatic rings. The van der Waals surface area contributed by atoms with Crippen LogP contribution in [0.1, 0.15) is 17.5 Å². The number of fused-ring (bicyclic) bond motifs is 1. The number of Topliss-reactive ketones (excluding diaryl/α,β-unsaturated/α-hetero) is 1. The van der Waals surface area contributed by atoms with E-state index in [1.807, 2.05) is 12.1 Å². The molecule has 0 aliphatic heterocycles. The highest BCUT2D eigenvalue weighted by Crippen LogP contribution is 2.30. The fourth-order valence-electron chi connectivity index (χ4n) is 1.66. The van der Waals surface area contributed by atoms with Gasteiger partial charge in [-0.25, -0.2) is 0 Å².